The van der Waals surface area contributed by atoms with Crippen molar-refractivity contribution in [3.63, 3.8) is 0 Å². The molecule has 1 aromatic carbocycles. The molecule has 0 saturated carbocycles. The van der Waals surface area contributed by atoms with Gasteiger partial charge in [-0.1, -0.05) is 18.2 Å². The van der Waals surface area contributed by atoms with Gasteiger partial charge in [-0.15, -0.1) is 11.3 Å². The second-order valence-corrected chi connectivity index (χ2v) is 6.99. The number of aromatic nitrogens is 2. The van der Waals surface area contributed by atoms with Crippen LogP contribution in [-0.4, -0.2) is 34.0 Å². The van der Waals surface area contributed by atoms with E-state index in [2.05, 4.69) is 21.0 Å². The molecule has 1 amide bonds. The maximum atomic E-state index is 12.8. The van der Waals surface area contributed by atoms with E-state index in [1.807, 2.05) is 41.4 Å². The molecule has 128 valence electrons. The van der Waals surface area contributed by atoms with Gasteiger partial charge in [-0.2, -0.15) is 0 Å². The fraction of sp³-hybridized carbons (Fsp3) is 0.263. The predicted molar refractivity (Wildman–Crippen MR) is 97.4 cm³/mol. The topological polar surface area (TPSA) is 47.4 Å². The molecular formula is C19H19N3O2S. The second-order valence-electron chi connectivity index (χ2n) is 6.05. The van der Waals surface area contributed by atoms with Crippen LogP contribution in [0.3, 0.4) is 0 Å². The third-order valence-corrected chi connectivity index (χ3v) is 5.33. The van der Waals surface area contributed by atoms with Gasteiger partial charge in [-0.25, -0.2) is 4.98 Å². The highest BCUT2D eigenvalue weighted by Gasteiger charge is 2.24. The van der Waals surface area contributed by atoms with Crippen LogP contribution in [0.15, 0.2) is 48.0 Å². The third kappa shape index (κ3) is 3.10. The van der Waals surface area contributed by atoms with E-state index in [-0.39, 0.29) is 5.91 Å². The van der Waals surface area contributed by atoms with Crippen molar-refractivity contribution in [2.45, 2.75) is 19.7 Å². The molecule has 4 rings (SSSR count). The van der Waals surface area contributed by atoms with Gasteiger partial charge in [0.05, 0.1) is 29.9 Å². The molecule has 6 heteroatoms. The molecule has 0 aliphatic carbocycles. The van der Waals surface area contributed by atoms with Crippen LogP contribution in [0.2, 0.25) is 0 Å². The Balaban J connectivity index is 1.51. The van der Waals surface area contributed by atoms with Crippen LogP contribution >= 0.6 is 11.3 Å². The van der Waals surface area contributed by atoms with Crippen molar-refractivity contribution < 1.29 is 9.53 Å². The van der Waals surface area contributed by atoms with E-state index in [9.17, 15) is 4.79 Å². The summed E-state index contributed by atoms with van der Waals surface area (Å²) in [5.41, 5.74) is 2.91. The molecule has 3 aromatic rings. The molecule has 25 heavy (non-hydrogen) atoms. The van der Waals surface area contributed by atoms with Crippen molar-refractivity contribution in [3.8, 4) is 10.6 Å². The Bertz CT molecular complexity index is 869. The number of carbonyl (C=O) groups excluding carboxylic acids is 1. The third-order valence-electron chi connectivity index (χ3n) is 4.44. The molecule has 0 N–H and O–H groups in total. The molecule has 0 spiro atoms. The summed E-state index contributed by atoms with van der Waals surface area (Å²) in [4.78, 5) is 20.4. The van der Waals surface area contributed by atoms with E-state index in [1.165, 1.54) is 4.88 Å². The van der Waals surface area contributed by atoms with Crippen LogP contribution in [0.4, 0.5) is 0 Å². The number of hydrogen-bond acceptors (Lipinski definition) is 4. The number of nitrogens with zero attached hydrogens (tertiary/aromatic N) is 3. The zero-order chi connectivity index (χ0) is 17.2. The number of rotatable bonds is 4. The first-order chi connectivity index (χ1) is 12.3. The summed E-state index contributed by atoms with van der Waals surface area (Å²) in [6, 6.07) is 11.8. The fourth-order valence-electron chi connectivity index (χ4n) is 3.15. The highest BCUT2D eigenvalue weighted by atomic mass is 32.1. The lowest BCUT2D eigenvalue weighted by molar-refractivity contribution is 0.0708. The van der Waals surface area contributed by atoms with E-state index in [0.29, 0.717) is 25.3 Å². The van der Waals surface area contributed by atoms with Crippen LogP contribution in [0.5, 0.6) is 0 Å². The van der Waals surface area contributed by atoms with Gasteiger partial charge in [0, 0.05) is 25.8 Å². The largest absolute Gasteiger partial charge is 0.380 e. The van der Waals surface area contributed by atoms with Gasteiger partial charge >= 0.3 is 0 Å². The molecule has 5 nitrogen and oxygen atoms in total. The lowest BCUT2D eigenvalue weighted by atomic mass is 10.1. The molecule has 0 unspecified atom stereocenters. The smallest absolute Gasteiger partial charge is 0.254 e. The molecule has 0 bridgehead atoms. The molecule has 0 fully saturated rings. The van der Waals surface area contributed by atoms with E-state index in [0.717, 1.165) is 23.6 Å². The van der Waals surface area contributed by atoms with Crippen molar-refractivity contribution in [3.05, 3.63) is 64.9 Å². The minimum Gasteiger partial charge on any atom is -0.380 e. The number of hydrogen-bond donors (Lipinski definition) is 0. The Hall–Kier alpha value is -2.44. The molecule has 3 heterocycles. The molecule has 0 saturated heterocycles. The minimum atomic E-state index is 0.0518. The highest BCUT2D eigenvalue weighted by molar-refractivity contribution is 7.13. The van der Waals surface area contributed by atoms with Gasteiger partial charge < -0.3 is 14.2 Å². The monoisotopic (exact) mass is 353 g/mol. The average Bonchev–Trinajstić information content (AvgIpc) is 3.30. The van der Waals surface area contributed by atoms with Crippen LogP contribution < -0.4 is 0 Å². The molecule has 2 aromatic heterocycles. The quantitative estimate of drug-likeness (QED) is 0.722. The summed E-state index contributed by atoms with van der Waals surface area (Å²) in [6.07, 6.45) is 1.91. The molecule has 1 aliphatic rings. The van der Waals surface area contributed by atoms with Crippen molar-refractivity contribution in [2.24, 2.45) is 0 Å². The summed E-state index contributed by atoms with van der Waals surface area (Å²) in [5.74, 6) is 0.995. The zero-order valence-corrected chi connectivity index (χ0v) is 14.8. The van der Waals surface area contributed by atoms with Crippen LogP contribution in [0, 0.1) is 0 Å². The van der Waals surface area contributed by atoms with Gasteiger partial charge in [0.2, 0.25) is 0 Å². The number of benzene rings is 1. The van der Waals surface area contributed by atoms with Crippen LogP contribution in [0.1, 0.15) is 21.7 Å². The summed E-state index contributed by atoms with van der Waals surface area (Å²) in [5, 5.41) is 2.07. The maximum Gasteiger partial charge on any atom is 0.254 e. The van der Waals surface area contributed by atoms with Crippen molar-refractivity contribution in [1.82, 2.24) is 14.5 Å². The summed E-state index contributed by atoms with van der Waals surface area (Å²) in [7, 11) is 1.67. The second kappa shape index (κ2) is 6.82. The first-order valence-electron chi connectivity index (χ1n) is 8.21. The average molecular weight is 353 g/mol. The number of amides is 1. The molecule has 0 atom stereocenters. The van der Waals surface area contributed by atoms with Crippen molar-refractivity contribution >= 4 is 17.2 Å². The zero-order valence-electron chi connectivity index (χ0n) is 14.0. The molecule has 1 aliphatic heterocycles. The van der Waals surface area contributed by atoms with Gasteiger partial charge in [-0.3, -0.25) is 4.79 Å². The Morgan fingerprint density at radius 1 is 1.24 bits per heavy atom. The van der Waals surface area contributed by atoms with Crippen LogP contribution in [0.25, 0.3) is 10.6 Å². The first kappa shape index (κ1) is 16.1. The van der Waals surface area contributed by atoms with Gasteiger partial charge in [0.15, 0.2) is 0 Å². The Morgan fingerprint density at radius 3 is 2.80 bits per heavy atom. The van der Waals surface area contributed by atoms with E-state index >= 15 is 0 Å². The standard InChI is InChI=1S/C19H19N3O2S/c1-24-13-14-4-6-15(7-5-14)19(23)21-8-9-22-16(11-20-18(22)12-21)17-3-2-10-25-17/h2-7,10-11H,8-9,12-13H2,1H3. The maximum absolute atomic E-state index is 12.8. The number of carbonyl (C=O) groups is 1. The minimum absolute atomic E-state index is 0.0518. The summed E-state index contributed by atoms with van der Waals surface area (Å²) >= 11 is 1.71. The number of imidazole rings is 1. The van der Waals surface area contributed by atoms with Crippen molar-refractivity contribution in [2.75, 3.05) is 13.7 Å². The Kier molecular flexibility index (Phi) is 4.38. The molecule has 0 radical (unpaired) electrons. The normalized spacial score (nSPS) is 13.7. The lowest BCUT2D eigenvalue weighted by Gasteiger charge is -2.28. The highest BCUT2D eigenvalue weighted by Crippen LogP contribution is 2.28. The van der Waals surface area contributed by atoms with Crippen LogP contribution in [-0.2, 0) is 24.4 Å². The van der Waals surface area contributed by atoms with E-state index in [1.54, 1.807) is 18.4 Å². The Morgan fingerprint density at radius 2 is 2.08 bits per heavy atom. The summed E-state index contributed by atoms with van der Waals surface area (Å²) < 4.78 is 7.33. The number of fused-ring (bicyclic) bond motifs is 1. The van der Waals surface area contributed by atoms with Gasteiger partial charge in [-0.05, 0) is 29.1 Å². The predicted octanol–water partition coefficient (Wildman–Crippen LogP) is 3.41. The molecular weight excluding hydrogens is 334 g/mol. The van der Waals surface area contributed by atoms with E-state index in [4.69, 9.17) is 4.74 Å². The number of ether oxygens (including phenoxy) is 1. The van der Waals surface area contributed by atoms with Crippen molar-refractivity contribution in [1.29, 1.82) is 0 Å². The lowest BCUT2D eigenvalue weighted by Crippen LogP contribution is -2.38. The summed E-state index contributed by atoms with van der Waals surface area (Å²) in [6.45, 7) is 2.57. The number of methoxy groups -OCH3 is 1. The van der Waals surface area contributed by atoms with Gasteiger partial charge in [0.25, 0.3) is 5.91 Å². The SMILES string of the molecule is COCc1ccc(C(=O)N2CCn3c(-c4cccs4)cnc3C2)cc1. The first-order valence-corrected chi connectivity index (χ1v) is 9.09. The van der Waals surface area contributed by atoms with Gasteiger partial charge in [0.1, 0.15) is 5.82 Å². The Labute approximate surface area is 150 Å². The number of thiophene rings is 1. The fourth-order valence-corrected chi connectivity index (χ4v) is 3.89. The van der Waals surface area contributed by atoms with E-state index < -0.39 is 0 Å².